The van der Waals surface area contributed by atoms with Gasteiger partial charge in [-0.25, -0.2) is 13.4 Å². The predicted octanol–water partition coefficient (Wildman–Crippen LogP) is 1.61. The summed E-state index contributed by atoms with van der Waals surface area (Å²) in [4.78, 5) is 17.6. The molecule has 0 radical (unpaired) electrons. The van der Waals surface area contributed by atoms with E-state index in [1.54, 1.807) is 24.4 Å². The van der Waals surface area contributed by atoms with Crippen LogP contribution in [0.3, 0.4) is 0 Å². The lowest BCUT2D eigenvalue weighted by molar-refractivity contribution is -0.708. The minimum atomic E-state index is -3.44. The summed E-state index contributed by atoms with van der Waals surface area (Å²) in [5.74, 6) is 0. The van der Waals surface area contributed by atoms with Crippen LogP contribution >= 0.6 is 11.3 Å². The molecule has 0 aliphatic carbocycles. The standard InChI is InChI=1S/C19H24N4O3S2/c1-4-22(5-2)28(25,26)17-8-6-15(7-9-17)14(3)20-13-16-12-18(24)23-10-11-27-19(23)21-16/h6-12,14,20H,4-5,13H2,1-3H3/p+1/t14-/m0/s1. The third-order valence-electron chi connectivity index (χ3n) is 4.79. The van der Waals surface area contributed by atoms with Crippen molar-refractivity contribution in [2.24, 2.45) is 0 Å². The Kier molecular flexibility index (Phi) is 6.29. The summed E-state index contributed by atoms with van der Waals surface area (Å²) in [6, 6.07) is 8.69. The number of quaternary nitrogens is 1. The first-order valence-corrected chi connectivity index (χ1v) is 11.6. The highest BCUT2D eigenvalue weighted by molar-refractivity contribution is 7.89. The zero-order chi connectivity index (χ0) is 20.3. The number of hydrogen-bond acceptors (Lipinski definition) is 5. The van der Waals surface area contributed by atoms with Crippen LogP contribution in [0.25, 0.3) is 4.96 Å². The Balaban J connectivity index is 1.70. The summed E-state index contributed by atoms with van der Waals surface area (Å²) >= 11 is 1.43. The number of hydrogen-bond donors (Lipinski definition) is 1. The maximum Gasteiger partial charge on any atom is 0.258 e. The number of fused-ring (bicyclic) bond motifs is 1. The molecule has 2 heterocycles. The number of thiazole rings is 1. The van der Waals surface area contributed by atoms with Crippen molar-refractivity contribution in [3.63, 3.8) is 0 Å². The average Bonchev–Trinajstić information content (AvgIpc) is 3.16. The summed E-state index contributed by atoms with van der Waals surface area (Å²) < 4.78 is 28.1. The van der Waals surface area contributed by atoms with Crippen LogP contribution < -0.4 is 10.9 Å². The van der Waals surface area contributed by atoms with Gasteiger partial charge in [0.2, 0.25) is 10.0 Å². The predicted molar refractivity (Wildman–Crippen MR) is 110 cm³/mol. The molecule has 1 atom stereocenters. The second-order valence-corrected chi connectivity index (χ2v) is 9.34. The molecule has 2 N–H and O–H groups in total. The maximum absolute atomic E-state index is 12.6. The first kappa shape index (κ1) is 20.7. The van der Waals surface area contributed by atoms with Gasteiger partial charge >= 0.3 is 0 Å². The monoisotopic (exact) mass is 421 g/mol. The molecule has 7 nitrogen and oxygen atoms in total. The Morgan fingerprint density at radius 3 is 2.54 bits per heavy atom. The van der Waals surface area contributed by atoms with E-state index in [2.05, 4.69) is 10.3 Å². The first-order chi connectivity index (χ1) is 13.4. The largest absolute Gasteiger partial charge is 0.335 e. The van der Waals surface area contributed by atoms with Gasteiger partial charge in [0.05, 0.1) is 4.90 Å². The van der Waals surface area contributed by atoms with Crippen LogP contribution in [-0.2, 0) is 16.6 Å². The lowest BCUT2D eigenvalue weighted by Crippen LogP contribution is -2.83. The lowest BCUT2D eigenvalue weighted by Gasteiger charge is -2.19. The third-order valence-corrected chi connectivity index (χ3v) is 7.61. The van der Waals surface area contributed by atoms with Gasteiger partial charge < -0.3 is 5.32 Å². The molecule has 1 aromatic carbocycles. The smallest absolute Gasteiger partial charge is 0.258 e. The number of rotatable bonds is 8. The van der Waals surface area contributed by atoms with E-state index in [9.17, 15) is 13.2 Å². The lowest BCUT2D eigenvalue weighted by atomic mass is 10.1. The highest BCUT2D eigenvalue weighted by Crippen LogP contribution is 2.18. The van der Waals surface area contributed by atoms with Gasteiger partial charge in [-0.1, -0.05) is 26.0 Å². The number of nitrogens with two attached hydrogens (primary N) is 1. The molecule has 9 heteroatoms. The van der Waals surface area contributed by atoms with Gasteiger partial charge in [-0.05, 0) is 19.1 Å². The fourth-order valence-corrected chi connectivity index (χ4v) is 5.28. The normalized spacial score (nSPS) is 13.3. The molecule has 2 aromatic heterocycles. The summed E-state index contributed by atoms with van der Waals surface area (Å²) in [6.07, 6.45) is 1.72. The summed E-state index contributed by atoms with van der Waals surface area (Å²) in [5.41, 5.74) is 1.68. The highest BCUT2D eigenvalue weighted by atomic mass is 32.2. The molecular formula is C19H25N4O3S2+. The molecule has 0 aliphatic heterocycles. The summed E-state index contributed by atoms with van der Waals surface area (Å²) in [5, 5.41) is 3.92. The van der Waals surface area contributed by atoms with E-state index in [1.165, 1.54) is 20.0 Å². The summed E-state index contributed by atoms with van der Waals surface area (Å²) in [6.45, 7) is 7.19. The van der Waals surface area contributed by atoms with E-state index in [0.29, 0.717) is 29.5 Å². The molecule has 28 heavy (non-hydrogen) atoms. The molecule has 0 saturated heterocycles. The molecule has 3 aromatic rings. The highest BCUT2D eigenvalue weighted by Gasteiger charge is 2.21. The van der Waals surface area contributed by atoms with E-state index < -0.39 is 10.0 Å². The Morgan fingerprint density at radius 1 is 1.21 bits per heavy atom. The number of aromatic nitrogens is 2. The minimum Gasteiger partial charge on any atom is -0.335 e. The molecule has 150 valence electrons. The van der Waals surface area contributed by atoms with E-state index >= 15 is 0 Å². The van der Waals surface area contributed by atoms with Crippen molar-refractivity contribution in [3.05, 3.63) is 63.5 Å². The van der Waals surface area contributed by atoms with Crippen molar-refractivity contribution in [3.8, 4) is 0 Å². The average molecular weight is 422 g/mol. The Morgan fingerprint density at radius 2 is 1.89 bits per heavy atom. The molecule has 0 spiro atoms. The van der Waals surface area contributed by atoms with Crippen molar-refractivity contribution < 1.29 is 13.7 Å². The van der Waals surface area contributed by atoms with Gasteiger partial charge in [0, 0.05) is 36.3 Å². The van der Waals surface area contributed by atoms with Crippen molar-refractivity contribution in [1.29, 1.82) is 0 Å². The zero-order valence-corrected chi connectivity index (χ0v) is 17.8. The van der Waals surface area contributed by atoms with Crippen LogP contribution in [0, 0.1) is 0 Å². The van der Waals surface area contributed by atoms with Crippen molar-refractivity contribution in [2.45, 2.75) is 38.3 Å². The Bertz CT molecular complexity index is 1100. The van der Waals surface area contributed by atoms with E-state index in [4.69, 9.17) is 0 Å². The molecule has 0 fully saturated rings. The third kappa shape index (κ3) is 4.17. The van der Waals surface area contributed by atoms with Gasteiger partial charge in [-0.3, -0.25) is 9.20 Å². The van der Waals surface area contributed by atoms with Gasteiger partial charge in [0.25, 0.3) is 5.56 Å². The molecule has 3 rings (SSSR count). The minimum absolute atomic E-state index is 0.0757. The molecule has 0 bridgehead atoms. The van der Waals surface area contributed by atoms with Crippen LogP contribution in [0.2, 0.25) is 0 Å². The Labute approximate surface area is 168 Å². The quantitative estimate of drug-likeness (QED) is 0.599. The topological polar surface area (TPSA) is 88.4 Å². The molecule has 0 aliphatic rings. The second-order valence-electron chi connectivity index (χ2n) is 6.53. The maximum atomic E-state index is 12.6. The van der Waals surface area contributed by atoms with Crippen LogP contribution in [0.15, 0.2) is 51.6 Å². The van der Waals surface area contributed by atoms with Crippen LogP contribution in [0.5, 0.6) is 0 Å². The van der Waals surface area contributed by atoms with E-state index in [1.807, 2.05) is 38.3 Å². The van der Waals surface area contributed by atoms with Gasteiger partial charge in [0.15, 0.2) is 4.96 Å². The zero-order valence-electron chi connectivity index (χ0n) is 16.2. The van der Waals surface area contributed by atoms with Gasteiger partial charge in [0.1, 0.15) is 18.3 Å². The van der Waals surface area contributed by atoms with Crippen LogP contribution in [0.1, 0.15) is 38.1 Å². The van der Waals surface area contributed by atoms with Gasteiger partial charge in [-0.15, -0.1) is 11.3 Å². The fraction of sp³-hybridized carbons (Fsp3) is 0.368. The van der Waals surface area contributed by atoms with Crippen LogP contribution in [-0.4, -0.2) is 35.2 Å². The molecule has 0 unspecified atom stereocenters. The second kappa shape index (κ2) is 8.52. The van der Waals surface area contributed by atoms with Crippen molar-refractivity contribution in [2.75, 3.05) is 13.1 Å². The van der Waals surface area contributed by atoms with Crippen molar-refractivity contribution >= 4 is 26.3 Å². The SMILES string of the molecule is CCN(CC)S(=O)(=O)c1ccc([C@H](C)[NH2+]Cc2cc(=O)n3ccsc3n2)cc1. The molecule has 0 saturated carbocycles. The van der Waals surface area contributed by atoms with E-state index in [0.717, 1.165) is 11.3 Å². The molecule has 0 amide bonds. The number of benzene rings is 1. The Hall–Kier alpha value is -2.07. The van der Waals surface area contributed by atoms with Gasteiger partial charge in [-0.2, -0.15) is 4.31 Å². The number of sulfonamides is 1. The fourth-order valence-electron chi connectivity index (χ4n) is 3.08. The first-order valence-electron chi connectivity index (χ1n) is 9.26. The van der Waals surface area contributed by atoms with Crippen molar-refractivity contribution in [1.82, 2.24) is 13.7 Å². The number of nitrogens with zero attached hydrogens (tertiary/aromatic N) is 3. The molecular weight excluding hydrogens is 396 g/mol. The summed E-state index contributed by atoms with van der Waals surface area (Å²) in [7, 11) is -3.44. The van der Waals surface area contributed by atoms with Crippen LogP contribution in [0.4, 0.5) is 0 Å². The van der Waals surface area contributed by atoms with E-state index in [-0.39, 0.29) is 11.6 Å².